The number of hydrogen-bond donors (Lipinski definition) is 1. The van der Waals surface area contributed by atoms with E-state index >= 15 is 0 Å². The molecule has 8 heteroatoms. The van der Waals surface area contributed by atoms with Crippen molar-refractivity contribution in [3.63, 3.8) is 0 Å². The highest BCUT2D eigenvalue weighted by molar-refractivity contribution is 8.15. The second-order valence-corrected chi connectivity index (χ2v) is 7.15. The average Bonchev–Trinajstić information content (AvgIpc) is 2.89. The molecule has 0 radical (unpaired) electrons. The maximum Gasteiger partial charge on any atom is 0.247 e. The Balaban J connectivity index is 1.72. The zero-order chi connectivity index (χ0) is 18.7. The summed E-state index contributed by atoms with van der Waals surface area (Å²) >= 11 is 7.12. The molecule has 1 N–H and O–H groups in total. The van der Waals surface area contributed by atoms with Crippen LogP contribution in [-0.4, -0.2) is 29.3 Å². The number of anilines is 2. The first kappa shape index (κ1) is 18.4. The van der Waals surface area contributed by atoms with Crippen LogP contribution in [0.25, 0.3) is 0 Å². The van der Waals surface area contributed by atoms with E-state index in [1.807, 2.05) is 0 Å². The minimum absolute atomic E-state index is 0.0696. The lowest BCUT2D eigenvalue weighted by molar-refractivity contribution is -0.121. The molecule has 134 valence electrons. The van der Waals surface area contributed by atoms with Crippen molar-refractivity contribution in [3.8, 4) is 0 Å². The van der Waals surface area contributed by atoms with E-state index in [0.29, 0.717) is 21.6 Å². The summed E-state index contributed by atoms with van der Waals surface area (Å²) in [6.45, 7) is 0. The van der Waals surface area contributed by atoms with E-state index in [4.69, 9.17) is 11.6 Å². The van der Waals surface area contributed by atoms with Crippen LogP contribution < -0.4 is 10.2 Å². The van der Waals surface area contributed by atoms with E-state index in [0.717, 1.165) is 4.90 Å². The van der Waals surface area contributed by atoms with Gasteiger partial charge in [-0.15, -0.1) is 0 Å². The molecule has 2 aromatic rings. The highest BCUT2D eigenvalue weighted by Crippen LogP contribution is 2.31. The van der Waals surface area contributed by atoms with Crippen LogP contribution in [0.3, 0.4) is 0 Å². The monoisotopic (exact) mass is 391 g/mol. The molecule has 26 heavy (non-hydrogen) atoms. The van der Waals surface area contributed by atoms with Gasteiger partial charge in [0.1, 0.15) is 11.1 Å². The number of thioether (sulfide) groups is 1. The van der Waals surface area contributed by atoms with Crippen LogP contribution in [0.15, 0.2) is 53.5 Å². The first-order valence-corrected chi connectivity index (χ1v) is 9.02. The number of carbonyl (C=O) groups excluding carboxylic acids is 2. The van der Waals surface area contributed by atoms with Gasteiger partial charge in [0, 0.05) is 24.2 Å². The summed E-state index contributed by atoms with van der Waals surface area (Å²) in [7, 11) is 1.58. The van der Waals surface area contributed by atoms with E-state index in [1.54, 1.807) is 43.4 Å². The number of benzene rings is 2. The van der Waals surface area contributed by atoms with Gasteiger partial charge in [-0.25, -0.2) is 9.29 Å². The van der Waals surface area contributed by atoms with Gasteiger partial charge in [0.2, 0.25) is 11.8 Å². The topological polar surface area (TPSA) is 61.8 Å². The van der Waals surface area contributed by atoms with Gasteiger partial charge >= 0.3 is 0 Å². The molecule has 0 saturated carbocycles. The predicted octanol–water partition coefficient (Wildman–Crippen LogP) is 3.94. The number of amides is 2. The average molecular weight is 392 g/mol. The Labute approximate surface area is 159 Å². The number of rotatable bonds is 3. The molecular formula is C18H15ClFN3O2S. The molecule has 1 saturated heterocycles. The minimum atomic E-state index is -0.590. The minimum Gasteiger partial charge on any atom is -0.335 e. The van der Waals surface area contributed by atoms with Gasteiger partial charge in [0.15, 0.2) is 5.17 Å². The smallest absolute Gasteiger partial charge is 0.247 e. The summed E-state index contributed by atoms with van der Waals surface area (Å²) in [6.07, 6.45) is 0.0696. The lowest BCUT2D eigenvalue weighted by atomic mass is 10.3. The molecule has 2 aromatic carbocycles. The molecular weight excluding hydrogens is 377 g/mol. The van der Waals surface area contributed by atoms with Crippen molar-refractivity contribution in [2.24, 2.45) is 4.99 Å². The molecule has 1 aliphatic rings. The van der Waals surface area contributed by atoms with E-state index < -0.39 is 5.25 Å². The Morgan fingerprint density at radius 2 is 2.00 bits per heavy atom. The van der Waals surface area contributed by atoms with Crippen molar-refractivity contribution >= 4 is 51.7 Å². The van der Waals surface area contributed by atoms with Crippen LogP contribution >= 0.6 is 23.4 Å². The van der Waals surface area contributed by atoms with E-state index in [2.05, 4.69) is 10.3 Å². The Morgan fingerprint density at radius 1 is 1.27 bits per heavy atom. The third-order valence-corrected chi connectivity index (χ3v) is 5.12. The van der Waals surface area contributed by atoms with Gasteiger partial charge in [-0.1, -0.05) is 29.4 Å². The zero-order valence-corrected chi connectivity index (χ0v) is 15.4. The zero-order valence-electron chi connectivity index (χ0n) is 13.8. The van der Waals surface area contributed by atoms with Crippen LogP contribution in [0, 0.1) is 5.82 Å². The molecule has 1 fully saturated rings. The second kappa shape index (κ2) is 7.88. The number of halogens is 2. The Kier molecular flexibility index (Phi) is 5.58. The third kappa shape index (κ3) is 4.05. The van der Waals surface area contributed by atoms with Gasteiger partial charge in [-0.05, 0) is 42.5 Å². The molecule has 0 unspecified atom stereocenters. The normalized spacial score (nSPS) is 17.7. The maximum atomic E-state index is 13.0. The lowest BCUT2D eigenvalue weighted by Crippen LogP contribution is -2.31. The standard InChI is InChI=1S/C18H15ClFN3O2S/c1-21-18(22-13-7-5-12(20)6-8-13)26-15-10-16(24)23(17(15)25)14-4-2-3-11(19)9-14/h2-9,15H,10H2,1H3,(H,21,22)/t15-/m0/s1. The van der Waals surface area contributed by atoms with E-state index in [9.17, 15) is 14.0 Å². The summed E-state index contributed by atoms with van der Waals surface area (Å²) in [5, 5.41) is 3.36. The highest BCUT2D eigenvalue weighted by atomic mass is 35.5. The number of amidine groups is 1. The quantitative estimate of drug-likeness (QED) is 0.489. The summed E-state index contributed by atoms with van der Waals surface area (Å²) in [6, 6.07) is 12.4. The molecule has 1 atom stereocenters. The van der Waals surface area contributed by atoms with Crippen molar-refractivity contribution in [1.82, 2.24) is 0 Å². The number of carbonyl (C=O) groups is 2. The maximum absolute atomic E-state index is 13.0. The van der Waals surface area contributed by atoms with E-state index in [-0.39, 0.29) is 24.1 Å². The first-order valence-electron chi connectivity index (χ1n) is 7.76. The molecule has 1 heterocycles. The van der Waals surface area contributed by atoms with Gasteiger partial charge in [-0.3, -0.25) is 14.6 Å². The van der Waals surface area contributed by atoms with Crippen molar-refractivity contribution in [2.45, 2.75) is 11.7 Å². The Bertz CT molecular complexity index is 873. The van der Waals surface area contributed by atoms with Gasteiger partial charge in [0.05, 0.1) is 5.69 Å². The first-order chi connectivity index (χ1) is 12.5. The van der Waals surface area contributed by atoms with Crippen LogP contribution in [0.2, 0.25) is 5.02 Å². The summed E-state index contributed by atoms with van der Waals surface area (Å²) in [5.74, 6) is -0.941. The van der Waals surface area contributed by atoms with Crippen LogP contribution in [-0.2, 0) is 9.59 Å². The third-order valence-electron chi connectivity index (χ3n) is 3.72. The number of aliphatic imine (C=N–C) groups is 1. The molecule has 0 aliphatic carbocycles. The molecule has 0 bridgehead atoms. The van der Waals surface area contributed by atoms with Crippen LogP contribution in [0.4, 0.5) is 15.8 Å². The second-order valence-electron chi connectivity index (χ2n) is 5.52. The van der Waals surface area contributed by atoms with Crippen LogP contribution in [0.5, 0.6) is 0 Å². The SMILES string of the molecule is CN=C(Nc1ccc(F)cc1)S[C@H]1CC(=O)N(c2cccc(Cl)c2)C1=O. The van der Waals surface area contributed by atoms with Gasteiger partial charge in [0.25, 0.3) is 0 Å². The van der Waals surface area contributed by atoms with Crippen molar-refractivity contribution in [1.29, 1.82) is 0 Å². The predicted molar refractivity (Wildman–Crippen MR) is 103 cm³/mol. The number of nitrogens with one attached hydrogen (secondary N) is 1. The van der Waals surface area contributed by atoms with Crippen LogP contribution in [0.1, 0.15) is 6.42 Å². The summed E-state index contributed by atoms with van der Waals surface area (Å²) in [5.41, 5.74) is 1.10. The van der Waals surface area contributed by atoms with Gasteiger partial charge in [-0.2, -0.15) is 0 Å². The Hall–Kier alpha value is -2.38. The fraction of sp³-hybridized carbons (Fsp3) is 0.167. The van der Waals surface area contributed by atoms with Crippen molar-refractivity contribution in [3.05, 3.63) is 59.4 Å². The summed E-state index contributed by atoms with van der Waals surface area (Å²) in [4.78, 5) is 30.3. The van der Waals surface area contributed by atoms with E-state index in [1.165, 1.54) is 23.9 Å². The fourth-order valence-electron chi connectivity index (χ4n) is 2.51. The van der Waals surface area contributed by atoms with Crippen molar-refractivity contribution in [2.75, 3.05) is 17.3 Å². The molecule has 3 rings (SSSR count). The largest absolute Gasteiger partial charge is 0.335 e. The summed E-state index contributed by atoms with van der Waals surface area (Å²) < 4.78 is 13.0. The lowest BCUT2D eigenvalue weighted by Gasteiger charge is -2.16. The highest BCUT2D eigenvalue weighted by Gasteiger charge is 2.40. The fourth-order valence-corrected chi connectivity index (χ4v) is 3.68. The number of hydrogen-bond acceptors (Lipinski definition) is 4. The molecule has 1 aliphatic heterocycles. The molecule has 0 spiro atoms. The van der Waals surface area contributed by atoms with Gasteiger partial charge < -0.3 is 5.32 Å². The Morgan fingerprint density at radius 3 is 2.65 bits per heavy atom. The molecule has 2 amide bonds. The number of imide groups is 1. The molecule has 0 aromatic heterocycles. The number of nitrogens with zero attached hydrogens (tertiary/aromatic N) is 2. The molecule has 5 nitrogen and oxygen atoms in total. The van der Waals surface area contributed by atoms with Crippen molar-refractivity contribution < 1.29 is 14.0 Å².